The Morgan fingerprint density at radius 3 is 2.44 bits per heavy atom. The lowest BCUT2D eigenvalue weighted by Crippen LogP contribution is -2.21. The number of halogens is 1. The van der Waals surface area contributed by atoms with E-state index < -0.39 is 0 Å². The number of fused-ring (bicyclic) bond motifs is 1. The Hall–Kier alpha value is -3.94. The van der Waals surface area contributed by atoms with E-state index in [1.165, 1.54) is 17.7 Å². The second-order valence-electron chi connectivity index (χ2n) is 8.29. The van der Waals surface area contributed by atoms with E-state index in [2.05, 4.69) is 10.3 Å². The van der Waals surface area contributed by atoms with Gasteiger partial charge in [-0.05, 0) is 60.0 Å². The molecule has 1 amide bonds. The minimum absolute atomic E-state index is 0.154. The van der Waals surface area contributed by atoms with Crippen molar-refractivity contribution in [1.82, 2.24) is 9.55 Å². The van der Waals surface area contributed by atoms with Gasteiger partial charge in [-0.15, -0.1) is 11.3 Å². The van der Waals surface area contributed by atoms with Crippen molar-refractivity contribution in [2.45, 2.75) is 20.1 Å². The number of amides is 1. The van der Waals surface area contributed by atoms with Crippen LogP contribution in [0.3, 0.4) is 0 Å². The highest BCUT2D eigenvalue weighted by molar-refractivity contribution is 7.20. The van der Waals surface area contributed by atoms with Gasteiger partial charge in [0.25, 0.3) is 11.5 Å². The van der Waals surface area contributed by atoms with E-state index in [9.17, 15) is 9.59 Å². The van der Waals surface area contributed by atoms with Crippen molar-refractivity contribution in [3.8, 4) is 5.75 Å². The Morgan fingerprint density at radius 1 is 1.00 bits per heavy atom. The molecule has 2 heterocycles. The summed E-state index contributed by atoms with van der Waals surface area (Å²) in [4.78, 5) is 31.6. The lowest BCUT2D eigenvalue weighted by Gasteiger charge is -2.08. The zero-order valence-electron chi connectivity index (χ0n) is 19.4. The average Bonchev–Trinajstić information content (AvgIpc) is 3.24. The van der Waals surface area contributed by atoms with Gasteiger partial charge in [0.15, 0.2) is 0 Å². The predicted octanol–water partition coefficient (Wildman–Crippen LogP) is 6.30. The molecule has 0 fully saturated rings. The van der Waals surface area contributed by atoms with Crippen LogP contribution >= 0.6 is 22.9 Å². The Labute approximate surface area is 216 Å². The molecule has 0 atom stereocenters. The van der Waals surface area contributed by atoms with Crippen LogP contribution in [-0.4, -0.2) is 15.5 Å². The molecule has 36 heavy (non-hydrogen) atoms. The fourth-order valence-electron chi connectivity index (χ4n) is 3.84. The second-order valence-corrected chi connectivity index (χ2v) is 9.73. The summed E-state index contributed by atoms with van der Waals surface area (Å²) >= 11 is 7.13. The maximum Gasteiger partial charge on any atom is 0.266 e. The molecule has 5 aromatic rings. The third kappa shape index (κ3) is 5.17. The molecular formula is C28H22ClN3O3S. The van der Waals surface area contributed by atoms with Gasteiger partial charge in [0.1, 0.15) is 17.2 Å². The molecule has 2 aromatic heterocycles. The van der Waals surface area contributed by atoms with E-state index in [0.717, 1.165) is 11.1 Å². The minimum Gasteiger partial charge on any atom is -0.489 e. The molecule has 0 bridgehead atoms. The molecule has 0 unspecified atom stereocenters. The number of nitrogens with zero attached hydrogens (tertiary/aromatic N) is 2. The van der Waals surface area contributed by atoms with E-state index in [-0.39, 0.29) is 11.5 Å². The number of benzene rings is 3. The van der Waals surface area contributed by atoms with Crippen molar-refractivity contribution in [3.05, 3.63) is 122 Å². The summed E-state index contributed by atoms with van der Waals surface area (Å²) in [5.41, 5.74) is 3.12. The minimum atomic E-state index is -0.278. The highest BCUT2D eigenvalue weighted by Gasteiger charge is 2.20. The van der Waals surface area contributed by atoms with Crippen LogP contribution in [0.2, 0.25) is 5.02 Å². The van der Waals surface area contributed by atoms with Gasteiger partial charge in [-0.25, -0.2) is 4.98 Å². The van der Waals surface area contributed by atoms with E-state index in [1.807, 2.05) is 54.6 Å². The molecule has 0 saturated carbocycles. The number of hydrogen-bond donors (Lipinski definition) is 1. The van der Waals surface area contributed by atoms with Gasteiger partial charge in [-0.2, -0.15) is 0 Å². The Bertz CT molecular complexity index is 1580. The summed E-state index contributed by atoms with van der Waals surface area (Å²) in [6.45, 7) is 2.63. The molecule has 0 spiro atoms. The zero-order chi connectivity index (χ0) is 25.1. The normalized spacial score (nSPS) is 10.9. The van der Waals surface area contributed by atoms with Crippen molar-refractivity contribution in [3.63, 3.8) is 0 Å². The van der Waals surface area contributed by atoms with Gasteiger partial charge in [-0.3, -0.25) is 14.2 Å². The third-order valence-electron chi connectivity index (χ3n) is 5.75. The van der Waals surface area contributed by atoms with Crippen LogP contribution in [-0.2, 0) is 13.2 Å². The molecule has 0 aliphatic carbocycles. The van der Waals surface area contributed by atoms with E-state index in [0.29, 0.717) is 50.3 Å². The van der Waals surface area contributed by atoms with Crippen LogP contribution in [0.15, 0.2) is 90.0 Å². The summed E-state index contributed by atoms with van der Waals surface area (Å²) < 4.78 is 7.37. The highest BCUT2D eigenvalue weighted by atomic mass is 35.5. The lowest BCUT2D eigenvalue weighted by molar-refractivity contribution is 0.103. The molecule has 1 N–H and O–H groups in total. The standard InChI is InChI=1S/C28H22ClN3O3S/c1-18-24-27(30-17-32(28(24)34)15-19-5-3-2-4-6-19)36-25(18)26(33)31-22-11-13-23(14-12-22)35-16-20-7-9-21(29)10-8-20/h2-14,17H,15-16H2,1H3,(H,31,33). The van der Waals surface area contributed by atoms with Gasteiger partial charge < -0.3 is 10.1 Å². The van der Waals surface area contributed by atoms with Crippen molar-refractivity contribution < 1.29 is 9.53 Å². The monoisotopic (exact) mass is 515 g/mol. The quantitative estimate of drug-likeness (QED) is 0.276. The Kier molecular flexibility index (Phi) is 6.84. The molecule has 0 radical (unpaired) electrons. The van der Waals surface area contributed by atoms with Crippen LogP contribution in [0.4, 0.5) is 5.69 Å². The summed E-state index contributed by atoms with van der Waals surface area (Å²) in [6, 6.07) is 24.4. The highest BCUT2D eigenvalue weighted by Crippen LogP contribution is 2.28. The van der Waals surface area contributed by atoms with Gasteiger partial charge in [0, 0.05) is 10.7 Å². The molecule has 8 heteroatoms. The number of hydrogen-bond acceptors (Lipinski definition) is 5. The summed E-state index contributed by atoms with van der Waals surface area (Å²) in [5.74, 6) is 0.406. The lowest BCUT2D eigenvalue weighted by atomic mass is 10.2. The first-order valence-electron chi connectivity index (χ1n) is 11.3. The predicted molar refractivity (Wildman–Crippen MR) is 144 cm³/mol. The molecule has 3 aromatic carbocycles. The maximum atomic E-state index is 13.1. The van der Waals surface area contributed by atoms with Gasteiger partial charge >= 0.3 is 0 Å². The topological polar surface area (TPSA) is 73.2 Å². The average molecular weight is 516 g/mol. The smallest absolute Gasteiger partial charge is 0.266 e. The van der Waals surface area contributed by atoms with Crippen molar-refractivity contribution in [2.75, 3.05) is 5.32 Å². The molecule has 0 saturated heterocycles. The summed E-state index contributed by atoms with van der Waals surface area (Å²) in [7, 11) is 0. The number of rotatable bonds is 7. The zero-order valence-corrected chi connectivity index (χ0v) is 21.0. The van der Waals surface area contributed by atoms with E-state index >= 15 is 0 Å². The summed E-state index contributed by atoms with van der Waals surface area (Å²) in [6.07, 6.45) is 1.54. The molecular weight excluding hydrogens is 494 g/mol. The number of carbonyl (C=O) groups excluding carboxylic acids is 1. The number of ether oxygens (including phenoxy) is 1. The first-order chi connectivity index (χ1) is 17.5. The fourth-order valence-corrected chi connectivity index (χ4v) is 5.00. The number of aromatic nitrogens is 2. The van der Waals surface area contributed by atoms with Crippen molar-refractivity contribution >= 4 is 44.7 Å². The second kappa shape index (κ2) is 10.4. The molecule has 0 aliphatic rings. The van der Waals surface area contributed by atoms with E-state index in [4.69, 9.17) is 16.3 Å². The SMILES string of the molecule is Cc1c(C(=O)Nc2ccc(OCc3ccc(Cl)cc3)cc2)sc2ncn(Cc3ccccc3)c(=O)c12. The van der Waals surface area contributed by atoms with Crippen LogP contribution in [0.1, 0.15) is 26.4 Å². The van der Waals surface area contributed by atoms with Gasteiger partial charge in [-0.1, -0.05) is 54.1 Å². The first kappa shape index (κ1) is 23.8. The van der Waals surface area contributed by atoms with Crippen LogP contribution in [0.5, 0.6) is 5.75 Å². The number of anilines is 1. The van der Waals surface area contributed by atoms with Crippen LogP contribution < -0.4 is 15.6 Å². The molecule has 5 rings (SSSR count). The van der Waals surface area contributed by atoms with Gasteiger partial charge in [0.05, 0.1) is 23.1 Å². The first-order valence-corrected chi connectivity index (χ1v) is 12.5. The molecule has 0 aliphatic heterocycles. The van der Waals surface area contributed by atoms with Crippen LogP contribution in [0, 0.1) is 6.92 Å². The van der Waals surface area contributed by atoms with Gasteiger partial charge in [0.2, 0.25) is 0 Å². The maximum absolute atomic E-state index is 13.1. The van der Waals surface area contributed by atoms with Crippen molar-refractivity contribution in [1.29, 1.82) is 0 Å². The van der Waals surface area contributed by atoms with Crippen LogP contribution in [0.25, 0.3) is 10.2 Å². The molecule has 180 valence electrons. The summed E-state index contributed by atoms with van der Waals surface area (Å²) in [5, 5.41) is 4.07. The number of carbonyl (C=O) groups is 1. The third-order valence-corrected chi connectivity index (χ3v) is 7.20. The largest absolute Gasteiger partial charge is 0.489 e. The Morgan fingerprint density at radius 2 is 1.72 bits per heavy atom. The van der Waals surface area contributed by atoms with Crippen molar-refractivity contribution in [2.24, 2.45) is 0 Å². The number of nitrogens with one attached hydrogen (secondary N) is 1. The Balaban J connectivity index is 1.29. The number of aryl methyl sites for hydroxylation is 1. The van der Waals surface area contributed by atoms with E-state index in [1.54, 1.807) is 35.8 Å². The number of thiophene rings is 1. The molecule has 6 nitrogen and oxygen atoms in total. The fraction of sp³-hybridized carbons (Fsp3) is 0.107.